The van der Waals surface area contributed by atoms with Crippen LogP contribution in [-0.2, 0) is 0 Å². The minimum Gasteiger partial charge on any atom is -0.455 e. The first kappa shape index (κ1) is 53.4. The summed E-state index contributed by atoms with van der Waals surface area (Å²) in [5.41, 5.74) is 16.7. The van der Waals surface area contributed by atoms with Crippen molar-refractivity contribution < 1.29 is 8.83 Å². The SMILES string of the molecule is c1ccc(-c2cc3ccc4c(c5ccccc5n4-c4cc(-c5ccc(-c6ccncc6)cc5)nc(-c5ccncc5)n4)c3o2)cc1.c1ccc(-c2cc3ccc4c(c5ccccc5n4-c4nc(-c5ccncc5)nc(-c5ccc(-c6ccncc6)cc5)n4)c3o2)cc1. The molecule has 92 heavy (non-hydrogen) atoms. The van der Waals surface area contributed by atoms with Crippen molar-refractivity contribution in [2.24, 2.45) is 0 Å². The van der Waals surface area contributed by atoms with Gasteiger partial charge in [0.15, 0.2) is 17.5 Å². The fourth-order valence-corrected chi connectivity index (χ4v) is 12.3. The first-order valence-corrected chi connectivity index (χ1v) is 30.1. The van der Waals surface area contributed by atoms with Gasteiger partial charge in [-0.25, -0.2) is 15.0 Å². The highest BCUT2D eigenvalue weighted by atomic mass is 16.3. The Kier molecular flexibility index (Phi) is 13.2. The first-order valence-electron chi connectivity index (χ1n) is 30.1. The van der Waals surface area contributed by atoms with E-state index in [1.54, 1.807) is 37.2 Å². The molecule has 0 bridgehead atoms. The molecule has 13 nitrogen and oxygen atoms in total. The molecule has 13 heteroatoms. The predicted molar refractivity (Wildman–Crippen MR) is 365 cm³/mol. The van der Waals surface area contributed by atoms with Crippen LogP contribution in [0.3, 0.4) is 0 Å². The number of hydrogen-bond donors (Lipinski definition) is 0. The second-order valence-corrected chi connectivity index (χ2v) is 22.2. The molecule has 18 rings (SSSR count). The van der Waals surface area contributed by atoms with Gasteiger partial charge in [0, 0.05) is 111 Å². The van der Waals surface area contributed by atoms with Gasteiger partial charge in [-0.2, -0.15) is 9.97 Å². The third-order valence-electron chi connectivity index (χ3n) is 16.7. The average Bonchev–Trinajstić information content (AvgIpc) is 1.61. The fraction of sp³-hybridized carbons (Fsp3) is 0. The van der Waals surface area contributed by atoms with Crippen molar-refractivity contribution in [3.63, 3.8) is 0 Å². The third kappa shape index (κ3) is 9.66. The van der Waals surface area contributed by atoms with Gasteiger partial charge in [0.05, 0.1) is 38.5 Å². The Morgan fingerprint density at radius 2 is 0.641 bits per heavy atom. The normalized spacial score (nSPS) is 11.5. The summed E-state index contributed by atoms with van der Waals surface area (Å²) in [4.78, 5) is 42.0. The van der Waals surface area contributed by atoms with Gasteiger partial charge in [-0.1, -0.05) is 146 Å². The third-order valence-corrected chi connectivity index (χ3v) is 16.7. The minimum absolute atomic E-state index is 0.524. The van der Waals surface area contributed by atoms with Crippen LogP contribution in [0.4, 0.5) is 0 Å². The van der Waals surface area contributed by atoms with E-state index in [4.69, 9.17) is 33.8 Å². The highest BCUT2D eigenvalue weighted by Gasteiger charge is 2.23. The maximum absolute atomic E-state index is 6.60. The fourth-order valence-electron chi connectivity index (χ4n) is 12.3. The predicted octanol–water partition coefficient (Wildman–Crippen LogP) is 19.0. The van der Waals surface area contributed by atoms with E-state index in [1.165, 1.54) is 0 Å². The van der Waals surface area contributed by atoms with Crippen LogP contribution >= 0.6 is 0 Å². The standard InChI is InChI=1S/C40H25N5O.C39H24N6O/c1-2-6-29(7-3-1)36-24-31-14-15-35-38(39(31)46-36)32-8-4-5-9-34(32)45(35)37-25-33(43-40(44-37)30-18-22-42-23-19-30)28-12-10-26(11-13-28)27-16-20-41-21-17-27;1-2-6-27(7-3-1)34-24-30-14-15-33-35(36(30)46-34)31-8-4-5-9-32(31)45(33)39-43-37(42-38(44-39)29-18-22-41-23-19-29)28-12-10-25(11-13-28)26-16-20-40-21-17-26/h1-25H;1-24H. The number of para-hydroxylation sites is 2. The Balaban J connectivity index is 0.000000141. The number of rotatable bonds is 10. The molecule has 18 aromatic rings. The molecule has 0 fully saturated rings. The van der Waals surface area contributed by atoms with Gasteiger partial charge in [0.2, 0.25) is 5.95 Å². The lowest BCUT2D eigenvalue weighted by Crippen LogP contribution is -2.06. The van der Waals surface area contributed by atoms with E-state index >= 15 is 0 Å². The highest BCUT2D eigenvalue weighted by molar-refractivity contribution is 6.21. The summed E-state index contributed by atoms with van der Waals surface area (Å²) in [6.07, 6.45) is 14.3. The van der Waals surface area contributed by atoms with Gasteiger partial charge in [0.25, 0.3) is 0 Å². The van der Waals surface area contributed by atoms with Crippen molar-refractivity contribution in [2.45, 2.75) is 0 Å². The molecule has 10 heterocycles. The lowest BCUT2D eigenvalue weighted by atomic mass is 10.0. The van der Waals surface area contributed by atoms with Gasteiger partial charge < -0.3 is 8.83 Å². The van der Waals surface area contributed by atoms with Crippen molar-refractivity contribution >= 4 is 65.6 Å². The number of hydrogen-bond acceptors (Lipinski definition) is 11. The van der Waals surface area contributed by atoms with E-state index in [9.17, 15) is 0 Å². The van der Waals surface area contributed by atoms with E-state index in [0.717, 1.165) is 144 Å². The molecule has 0 unspecified atom stereocenters. The molecular weight excluding hydrogens is 1130 g/mol. The van der Waals surface area contributed by atoms with E-state index in [0.29, 0.717) is 23.4 Å². The van der Waals surface area contributed by atoms with Gasteiger partial charge in [0.1, 0.15) is 28.5 Å². The van der Waals surface area contributed by atoms with Crippen molar-refractivity contribution in [3.8, 4) is 102 Å². The summed E-state index contributed by atoms with van der Waals surface area (Å²) < 4.78 is 17.5. The summed E-state index contributed by atoms with van der Waals surface area (Å²) >= 11 is 0. The lowest BCUT2D eigenvalue weighted by molar-refractivity contribution is 0.635. The molecule has 432 valence electrons. The minimum atomic E-state index is 0.524. The number of benzene rings is 8. The zero-order valence-electron chi connectivity index (χ0n) is 49.0. The topological polar surface area (TPSA) is 152 Å². The molecule has 0 saturated heterocycles. The summed E-state index contributed by atoms with van der Waals surface area (Å²) in [7, 11) is 0. The number of pyridine rings is 4. The van der Waals surface area contributed by atoms with E-state index in [-0.39, 0.29) is 0 Å². The van der Waals surface area contributed by atoms with Gasteiger partial charge in [-0.3, -0.25) is 29.1 Å². The van der Waals surface area contributed by atoms with Crippen LogP contribution in [0, 0.1) is 0 Å². The van der Waals surface area contributed by atoms with Crippen LogP contribution in [0.1, 0.15) is 0 Å². The van der Waals surface area contributed by atoms with Crippen LogP contribution in [0.25, 0.3) is 168 Å². The molecule has 0 radical (unpaired) electrons. The zero-order valence-corrected chi connectivity index (χ0v) is 49.0. The van der Waals surface area contributed by atoms with Crippen molar-refractivity contribution in [2.75, 3.05) is 0 Å². The molecule has 0 atom stereocenters. The maximum atomic E-state index is 6.60. The van der Waals surface area contributed by atoms with E-state index in [2.05, 4.69) is 187 Å². The quantitative estimate of drug-likeness (QED) is 0.129. The molecule has 0 aliphatic carbocycles. The average molecular weight is 1180 g/mol. The molecule has 0 aliphatic heterocycles. The summed E-state index contributed by atoms with van der Waals surface area (Å²) in [5, 5.41) is 6.34. The van der Waals surface area contributed by atoms with Crippen LogP contribution in [0.5, 0.6) is 0 Å². The van der Waals surface area contributed by atoms with Crippen LogP contribution in [0.2, 0.25) is 0 Å². The van der Waals surface area contributed by atoms with Gasteiger partial charge >= 0.3 is 0 Å². The first-order chi connectivity index (χ1) is 45.6. The van der Waals surface area contributed by atoms with E-state index in [1.807, 2.05) is 103 Å². The Hall–Kier alpha value is -12.9. The number of fused-ring (bicyclic) bond motifs is 10. The van der Waals surface area contributed by atoms with Crippen LogP contribution < -0.4 is 0 Å². The zero-order chi connectivity index (χ0) is 60.9. The Labute approximate surface area is 526 Å². The molecule has 0 amide bonds. The second kappa shape index (κ2) is 22.7. The van der Waals surface area contributed by atoms with Crippen molar-refractivity contribution in [3.05, 3.63) is 298 Å². The molecule has 10 aromatic heterocycles. The van der Waals surface area contributed by atoms with Gasteiger partial charge in [-0.15, -0.1) is 0 Å². The lowest BCUT2D eigenvalue weighted by Gasteiger charge is -2.12. The Bertz CT molecular complexity index is 5370. The van der Waals surface area contributed by atoms with Gasteiger partial charge in [-0.05, 0) is 119 Å². The van der Waals surface area contributed by atoms with E-state index < -0.39 is 0 Å². The second-order valence-electron chi connectivity index (χ2n) is 22.2. The largest absolute Gasteiger partial charge is 0.455 e. The number of aromatic nitrogens is 11. The monoisotopic (exact) mass is 1180 g/mol. The molecule has 0 spiro atoms. The Morgan fingerprint density at radius 1 is 0.261 bits per heavy atom. The smallest absolute Gasteiger partial charge is 0.238 e. The number of furan rings is 2. The summed E-state index contributed by atoms with van der Waals surface area (Å²) in [6.45, 7) is 0. The number of nitrogens with zero attached hydrogens (tertiary/aromatic N) is 11. The highest BCUT2D eigenvalue weighted by Crippen LogP contribution is 2.42. The molecule has 0 N–H and O–H groups in total. The molecular formula is C79H49N11O2. The van der Waals surface area contributed by atoms with Crippen LogP contribution in [0.15, 0.2) is 307 Å². The molecule has 0 saturated carbocycles. The molecule has 0 aliphatic rings. The maximum Gasteiger partial charge on any atom is 0.238 e. The summed E-state index contributed by atoms with van der Waals surface area (Å²) in [5.74, 6) is 4.75. The van der Waals surface area contributed by atoms with Crippen molar-refractivity contribution in [1.82, 2.24) is 54.0 Å². The molecule has 8 aromatic carbocycles. The van der Waals surface area contributed by atoms with Crippen LogP contribution in [-0.4, -0.2) is 54.0 Å². The Morgan fingerprint density at radius 3 is 1.13 bits per heavy atom. The van der Waals surface area contributed by atoms with Crippen molar-refractivity contribution in [1.29, 1.82) is 0 Å². The summed E-state index contributed by atoms with van der Waals surface area (Å²) in [6, 6.07) is 84.5.